The van der Waals surface area contributed by atoms with Gasteiger partial charge in [0.25, 0.3) is 0 Å². The molecule has 3 heterocycles. The number of hydrogen-bond acceptors (Lipinski definition) is 4. The Labute approximate surface area is 156 Å². The van der Waals surface area contributed by atoms with Crippen LogP contribution in [0.5, 0.6) is 0 Å². The van der Waals surface area contributed by atoms with Crippen molar-refractivity contribution in [3.8, 4) is 0 Å². The number of nitrogens with zero attached hydrogens (tertiary/aromatic N) is 3. The summed E-state index contributed by atoms with van der Waals surface area (Å²) in [5.74, 6) is 0.446. The summed E-state index contributed by atoms with van der Waals surface area (Å²) in [6.07, 6.45) is 3.15. The lowest BCUT2D eigenvalue weighted by atomic mass is 9.99. The van der Waals surface area contributed by atoms with E-state index in [1.165, 1.54) is 5.56 Å². The van der Waals surface area contributed by atoms with E-state index in [9.17, 15) is 4.79 Å². The highest BCUT2D eigenvalue weighted by molar-refractivity contribution is 5.79. The Kier molecular flexibility index (Phi) is 5.88. The smallest absolute Gasteiger partial charge is 0.228 e. The molecule has 0 spiro atoms. The van der Waals surface area contributed by atoms with E-state index in [0.29, 0.717) is 18.6 Å². The Morgan fingerprint density at radius 1 is 0.962 bits per heavy atom. The molecule has 1 aromatic carbocycles. The zero-order valence-electron chi connectivity index (χ0n) is 15.7. The Morgan fingerprint density at radius 2 is 1.69 bits per heavy atom. The van der Waals surface area contributed by atoms with Crippen LogP contribution in [0.4, 0.5) is 0 Å². The van der Waals surface area contributed by atoms with E-state index in [4.69, 9.17) is 4.74 Å². The van der Waals surface area contributed by atoms with Crippen LogP contribution in [0.25, 0.3) is 0 Å². The van der Waals surface area contributed by atoms with Gasteiger partial charge < -0.3 is 9.64 Å². The summed E-state index contributed by atoms with van der Waals surface area (Å²) in [6.45, 7) is 8.88. The van der Waals surface area contributed by atoms with Crippen LogP contribution in [0.15, 0.2) is 30.3 Å². The monoisotopic (exact) mass is 357 g/mol. The van der Waals surface area contributed by atoms with Crippen LogP contribution in [0.1, 0.15) is 24.8 Å². The molecule has 0 N–H and O–H groups in total. The van der Waals surface area contributed by atoms with Gasteiger partial charge in [-0.3, -0.25) is 14.6 Å². The van der Waals surface area contributed by atoms with Crippen molar-refractivity contribution in [1.29, 1.82) is 0 Å². The maximum Gasteiger partial charge on any atom is 0.228 e. The predicted molar refractivity (Wildman–Crippen MR) is 102 cm³/mol. The third-order valence-electron chi connectivity index (χ3n) is 6.23. The summed E-state index contributed by atoms with van der Waals surface area (Å²) in [5.41, 5.74) is 1.41. The minimum atomic E-state index is 0.119. The molecule has 4 rings (SSSR count). The highest BCUT2D eigenvalue weighted by atomic mass is 16.5. The van der Waals surface area contributed by atoms with Crippen LogP contribution < -0.4 is 0 Å². The van der Waals surface area contributed by atoms with E-state index >= 15 is 0 Å². The van der Waals surface area contributed by atoms with Gasteiger partial charge >= 0.3 is 0 Å². The van der Waals surface area contributed by atoms with E-state index in [1.807, 2.05) is 0 Å². The van der Waals surface area contributed by atoms with E-state index in [2.05, 4.69) is 45.0 Å². The highest BCUT2D eigenvalue weighted by Gasteiger charge is 2.32. The number of ether oxygens (including phenoxy) is 1. The number of likely N-dealkylation sites (tertiary alicyclic amines) is 1. The first-order valence-corrected chi connectivity index (χ1v) is 10.2. The SMILES string of the molecule is O=C([C@H]1CCOC1)N1CCC(N2CCN(Cc3ccccc3)CC2)CC1. The first-order chi connectivity index (χ1) is 12.8. The fourth-order valence-electron chi connectivity index (χ4n) is 4.57. The minimum absolute atomic E-state index is 0.119. The van der Waals surface area contributed by atoms with Crippen molar-refractivity contribution in [2.45, 2.75) is 31.8 Å². The van der Waals surface area contributed by atoms with Crippen molar-refractivity contribution in [3.05, 3.63) is 35.9 Å². The summed E-state index contributed by atoms with van der Waals surface area (Å²) >= 11 is 0. The van der Waals surface area contributed by atoms with Crippen molar-refractivity contribution < 1.29 is 9.53 Å². The van der Waals surface area contributed by atoms with Crippen LogP contribution >= 0.6 is 0 Å². The number of carbonyl (C=O) groups excluding carboxylic acids is 1. The first-order valence-electron chi connectivity index (χ1n) is 10.2. The molecule has 1 amide bonds. The average Bonchev–Trinajstić information content (AvgIpc) is 3.24. The lowest BCUT2D eigenvalue weighted by Crippen LogP contribution is -2.54. The lowest BCUT2D eigenvalue weighted by molar-refractivity contribution is -0.137. The molecule has 0 aromatic heterocycles. The van der Waals surface area contributed by atoms with Crippen LogP contribution in [0.3, 0.4) is 0 Å². The van der Waals surface area contributed by atoms with Crippen LogP contribution in [-0.4, -0.2) is 79.1 Å². The number of piperidine rings is 1. The predicted octanol–water partition coefficient (Wildman–Crippen LogP) is 1.83. The molecule has 3 saturated heterocycles. The van der Waals surface area contributed by atoms with Gasteiger partial charge in [-0.05, 0) is 24.8 Å². The second-order valence-corrected chi connectivity index (χ2v) is 7.91. The minimum Gasteiger partial charge on any atom is -0.381 e. The summed E-state index contributed by atoms with van der Waals surface area (Å²) in [7, 11) is 0. The average molecular weight is 357 g/mol. The normalized spacial score (nSPS) is 26.3. The molecule has 1 atom stereocenters. The van der Waals surface area contributed by atoms with Gasteiger partial charge in [-0.25, -0.2) is 0 Å². The van der Waals surface area contributed by atoms with Crippen molar-refractivity contribution in [2.24, 2.45) is 5.92 Å². The van der Waals surface area contributed by atoms with E-state index in [-0.39, 0.29) is 5.92 Å². The molecule has 3 aliphatic rings. The zero-order chi connectivity index (χ0) is 17.8. The number of benzene rings is 1. The van der Waals surface area contributed by atoms with Gasteiger partial charge in [0, 0.05) is 58.5 Å². The topological polar surface area (TPSA) is 36.0 Å². The van der Waals surface area contributed by atoms with Gasteiger partial charge in [0.1, 0.15) is 0 Å². The molecule has 0 aliphatic carbocycles. The van der Waals surface area contributed by atoms with Gasteiger partial charge in [0.2, 0.25) is 5.91 Å². The molecule has 3 aliphatic heterocycles. The third-order valence-corrected chi connectivity index (χ3v) is 6.23. The molecule has 0 radical (unpaired) electrons. The fraction of sp³-hybridized carbons (Fsp3) is 0.667. The molecule has 5 nitrogen and oxygen atoms in total. The molecule has 0 saturated carbocycles. The van der Waals surface area contributed by atoms with Crippen molar-refractivity contribution in [3.63, 3.8) is 0 Å². The van der Waals surface area contributed by atoms with Gasteiger partial charge in [-0.1, -0.05) is 30.3 Å². The third kappa shape index (κ3) is 4.27. The summed E-state index contributed by atoms with van der Waals surface area (Å²) < 4.78 is 5.38. The Bertz CT molecular complexity index is 572. The summed E-state index contributed by atoms with van der Waals surface area (Å²) in [6, 6.07) is 11.4. The van der Waals surface area contributed by atoms with Crippen molar-refractivity contribution in [2.75, 3.05) is 52.5 Å². The van der Waals surface area contributed by atoms with E-state index in [1.54, 1.807) is 0 Å². The van der Waals surface area contributed by atoms with Gasteiger partial charge in [-0.15, -0.1) is 0 Å². The van der Waals surface area contributed by atoms with Gasteiger partial charge in [0.05, 0.1) is 12.5 Å². The molecule has 26 heavy (non-hydrogen) atoms. The fourth-order valence-corrected chi connectivity index (χ4v) is 4.57. The van der Waals surface area contributed by atoms with Crippen molar-refractivity contribution >= 4 is 5.91 Å². The molecule has 1 aromatic rings. The van der Waals surface area contributed by atoms with Crippen LogP contribution in [-0.2, 0) is 16.1 Å². The standard InChI is InChI=1S/C21H31N3O2/c25-21(19-8-15-26-17-19)24-9-6-20(7-10-24)23-13-11-22(12-14-23)16-18-4-2-1-3-5-18/h1-5,19-20H,6-17H2/t19-/m0/s1. The molecule has 0 unspecified atom stereocenters. The number of hydrogen-bond donors (Lipinski definition) is 0. The maximum atomic E-state index is 12.5. The first kappa shape index (κ1) is 18.0. The Hall–Kier alpha value is -1.43. The van der Waals surface area contributed by atoms with Crippen LogP contribution in [0, 0.1) is 5.92 Å². The van der Waals surface area contributed by atoms with Gasteiger partial charge in [-0.2, -0.15) is 0 Å². The summed E-state index contributed by atoms with van der Waals surface area (Å²) in [5, 5.41) is 0. The summed E-state index contributed by atoms with van der Waals surface area (Å²) in [4.78, 5) is 19.8. The Balaban J connectivity index is 1.20. The second-order valence-electron chi connectivity index (χ2n) is 7.91. The highest BCUT2D eigenvalue weighted by Crippen LogP contribution is 2.22. The van der Waals surface area contributed by atoms with E-state index in [0.717, 1.165) is 71.7 Å². The maximum absolute atomic E-state index is 12.5. The number of rotatable bonds is 4. The molecule has 142 valence electrons. The molecular formula is C21H31N3O2. The number of carbonyl (C=O) groups is 1. The molecule has 3 fully saturated rings. The number of piperazine rings is 1. The van der Waals surface area contributed by atoms with Crippen LogP contribution in [0.2, 0.25) is 0 Å². The molecule has 0 bridgehead atoms. The quantitative estimate of drug-likeness (QED) is 0.824. The number of amides is 1. The zero-order valence-corrected chi connectivity index (χ0v) is 15.7. The van der Waals surface area contributed by atoms with Crippen molar-refractivity contribution in [1.82, 2.24) is 14.7 Å². The second kappa shape index (κ2) is 8.51. The Morgan fingerprint density at radius 3 is 2.35 bits per heavy atom. The van der Waals surface area contributed by atoms with Gasteiger partial charge in [0.15, 0.2) is 0 Å². The van der Waals surface area contributed by atoms with E-state index < -0.39 is 0 Å². The molecule has 5 heteroatoms. The lowest BCUT2D eigenvalue weighted by Gasteiger charge is -2.43. The largest absolute Gasteiger partial charge is 0.381 e. The molecular weight excluding hydrogens is 326 g/mol.